The lowest BCUT2D eigenvalue weighted by Gasteiger charge is -2.34. The molecule has 0 unspecified atom stereocenters. The van der Waals surface area contributed by atoms with E-state index in [2.05, 4.69) is 0 Å². The molecule has 1 aliphatic rings. The molecule has 7 heteroatoms. The van der Waals surface area contributed by atoms with Crippen LogP contribution in [0.4, 0.5) is 0 Å². The number of ether oxygens (including phenoxy) is 2. The van der Waals surface area contributed by atoms with Gasteiger partial charge in [-0.15, -0.1) is 0 Å². The average molecular weight is 348 g/mol. The number of morpholine rings is 1. The third kappa shape index (κ3) is 3.93. The smallest absolute Gasteiger partial charge is 0.243 e. The summed E-state index contributed by atoms with van der Waals surface area (Å²) in [6.07, 6.45) is 0.578. The predicted octanol–water partition coefficient (Wildman–Crippen LogP) is 2.93. The largest absolute Gasteiger partial charge is 0.492 e. The van der Waals surface area contributed by atoms with E-state index in [0.717, 1.165) is 6.42 Å². The lowest BCUT2D eigenvalue weighted by molar-refractivity contribution is -0.0440. The van der Waals surface area contributed by atoms with Crippen molar-refractivity contribution >= 4 is 21.6 Å². The third-order valence-corrected chi connectivity index (χ3v) is 5.53. The number of sulfonamides is 1. The first-order valence-corrected chi connectivity index (χ1v) is 9.24. The molecule has 1 aromatic carbocycles. The molecule has 124 valence electrons. The maximum Gasteiger partial charge on any atom is 0.243 e. The Bertz CT molecular complexity index is 610. The molecule has 0 bridgehead atoms. The summed E-state index contributed by atoms with van der Waals surface area (Å²) < 4.78 is 38.1. The number of benzene rings is 1. The summed E-state index contributed by atoms with van der Waals surface area (Å²) >= 11 is 6.06. The molecule has 5 nitrogen and oxygen atoms in total. The fourth-order valence-corrected chi connectivity index (χ4v) is 4.22. The second-order valence-electron chi connectivity index (χ2n) is 5.52. The van der Waals surface area contributed by atoms with Crippen molar-refractivity contribution in [2.24, 2.45) is 0 Å². The summed E-state index contributed by atoms with van der Waals surface area (Å²) in [7, 11) is -3.58. The highest BCUT2D eigenvalue weighted by Gasteiger charge is 2.32. The van der Waals surface area contributed by atoms with Crippen molar-refractivity contribution in [3.8, 4) is 5.75 Å². The van der Waals surface area contributed by atoms with Gasteiger partial charge in [0.1, 0.15) is 5.75 Å². The van der Waals surface area contributed by atoms with E-state index in [1.807, 2.05) is 20.8 Å². The van der Waals surface area contributed by atoms with E-state index in [4.69, 9.17) is 21.1 Å². The molecule has 1 aromatic rings. The summed E-state index contributed by atoms with van der Waals surface area (Å²) in [5.41, 5.74) is 0. The van der Waals surface area contributed by atoms with Gasteiger partial charge in [-0.25, -0.2) is 8.42 Å². The van der Waals surface area contributed by atoms with Gasteiger partial charge in [-0.05, 0) is 32.4 Å². The average Bonchev–Trinajstić information content (AvgIpc) is 2.45. The van der Waals surface area contributed by atoms with E-state index in [9.17, 15) is 8.42 Å². The van der Waals surface area contributed by atoms with Crippen molar-refractivity contribution in [2.45, 2.75) is 44.3 Å². The summed E-state index contributed by atoms with van der Waals surface area (Å²) in [6, 6.07) is 4.58. The van der Waals surface area contributed by atoms with Crippen LogP contribution in [0.25, 0.3) is 0 Å². The monoisotopic (exact) mass is 347 g/mol. The molecule has 0 saturated carbocycles. The van der Waals surface area contributed by atoms with Gasteiger partial charge < -0.3 is 9.47 Å². The molecule has 0 aromatic heterocycles. The fraction of sp³-hybridized carbons (Fsp3) is 0.600. The molecule has 0 aliphatic carbocycles. The van der Waals surface area contributed by atoms with Crippen molar-refractivity contribution in [3.05, 3.63) is 23.2 Å². The van der Waals surface area contributed by atoms with Gasteiger partial charge in [-0.1, -0.05) is 18.5 Å². The van der Waals surface area contributed by atoms with Crippen LogP contribution in [-0.2, 0) is 14.8 Å². The molecule has 0 radical (unpaired) electrons. The lowest BCUT2D eigenvalue weighted by atomic mass is 10.3. The van der Waals surface area contributed by atoms with Crippen molar-refractivity contribution in [3.63, 3.8) is 0 Å². The zero-order chi connectivity index (χ0) is 16.3. The van der Waals surface area contributed by atoms with Gasteiger partial charge in [0.25, 0.3) is 0 Å². The normalized spacial score (nSPS) is 23.5. The molecule has 1 saturated heterocycles. The Kier molecular flexibility index (Phi) is 5.71. The van der Waals surface area contributed by atoms with Gasteiger partial charge in [0.2, 0.25) is 10.0 Å². The van der Waals surface area contributed by atoms with Gasteiger partial charge in [0, 0.05) is 19.2 Å². The molecular formula is C15H22ClNO4S. The Morgan fingerprint density at radius 2 is 1.95 bits per heavy atom. The zero-order valence-corrected chi connectivity index (χ0v) is 14.7. The van der Waals surface area contributed by atoms with Gasteiger partial charge in [0.15, 0.2) is 0 Å². The quantitative estimate of drug-likeness (QED) is 0.821. The van der Waals surface area contributed by atoms with E-state index < -0.39 is 10.0 Å². The van der Waals surface area contributed by atoms with Crippen LogP contribution < -0.4 is 4.74 Å². The molecule has 1 aliphatic heterocycles. The van der Waals surface area contributed by atoms with E-state index in [-0.39, 0.29) is 17.1 Å². The lowest BCUT2D eigenvalue weighted by Crippen LogP contribution is -2.48. The van der Waals surface area contributed by atoms with Gasteiger partial charge in [-0.2, -0.15) is 4.31 Å². The number of halogens is 1. The van der Waals surface area contributed by atoms with Crippen molar-refractivity contribution in [2.75, 3.05) is 19.7 Å². The van der Waals surface area contributed by atoms with E-state index in [0.29, 0.717) is 30.5 Å². The molecule has 0 spiro atoms. The molecule has 1 fully saturated rings. The molecular weight excluding hydrogens is 326 g/mol. The van der Waals surface area contributed by atoms with Crippen LogP contribution in [-0.4, -0.2) is 44.6 Å². The van der Waals surface area contributed by atoms with Crippen molar-refractivity contribution in [1.82, 2.24) is 4.31 Å². The van der Waals surface area contributed by atoms with Crippen molar-refractivity contribution in [1.29, 1.82) is 0 Å². The molecule has 0 N–H and O–H groups in total. The standard InChI is InChI=1S/C15H22ClNO4S/c1-4-7-20-15-8-13(5-6-14(15)16)22(18,19)17-9-11(2)21-12(3)10-17/h5-6,8,11-12H,4,7,9-10H2,1-3H3/t11-,12+. The number of hydrogen-bond donors (Lipinski definition) is 0. The molecule has 1 heterocycles. The minimum absolute atomic E-state index is 0.123. The Morgan fingerprint density at radius 3 is 2.55 bits per heavy atom. The van der Waals surface area contributed by atoms with Crippen LogP contribution in [0, 0.1) is 0 Å². The van der Waals surface area contributed by atoms with Gasteiger partial charge >= 0.3 is 0 Å². The first-order chi connectivity index (χ1) is 10.3. The molecule has 2 atom stereocenters. The van der Waals surface area contributed by atoms with Gasteiger partial charge in [-0.3, -0.25) is 0 Å². The number of nitrogens with zero attached hydrogens (tertiary/aromatic N) is 1. The van der Waals surface area contributed by atoms with Crippen LogP contribution in [0.1, 0.15) is 27.2 Å². The SMILES string of the molecule is CCCOc1cc(S(=O)(=O)N2C[C@@H](C)O[C@@H](C)C2)ccc1Cl. The van der Waals surface area contributed by atoms with Crippen LogP contribution in [0.3, 0.4) is 0 Å². The van der Waals surface area contributed by atoms with E-state index in [1.165, 1.54) is 16.4 Å². The molecule has 0 amide bonds. The highest BCUT2D eigenvalue weighted by molar-refractivity contribution is 7.89. The topological polar surface area (TPSA) is 55.8 Å². The maximum absolute atomic E-state index is 12.8. The Morgan fingerprint density at radius 1 is 1.32 bits per heavy atom. The Labute approximate surface area is 137 Å². The minimum Gasteiger partial charge on any atom is -0.492 e. The second kappa shape index (κ2) is 7.17. The molecule has 22 heavy (non-hydrogen) atoms. The Hall–Kier alpha value is -0.820. The summed E-state index contributed by atoms with van der Waals surface area (Å²) in [5.74, 6) is 0.402. The van der Waals surface area contributed by atoms with Crippen molar-refractivity contribution < 1.29 is 17.9 Å². The summed E-state index contributed by atoms with van der Waals surface area (Å²) in [4.78, 5) is 0.198. The fourth-order valence-electron chi connectivity index (χ4n) is 2.44. The van der Waals surface area contributed by atoms with Crippen LogP contribution in [0.5, 0.6) is 5.75 Å². The third-order valence-electron chi connectivity index (χ3n) is 3.39. The summed E-state index contributed by atoms with van der Waals surface area (Å²) in [5, 5.41) is 0.413. The highest BCUT2D eigenvalue weighted by atomic mass is 35.5. The number of hydrogen-bond acceptors (Lipinski definition) is 4. The first-order valence-electron chi connectivity index (χ1n) is 7.42. The minimum atomic E-state index is -3.58. The van der Waals surface area contributed by atoms with Crippen LogP contribution in [0.2, 0.25) is 5.02 Å². The predicted molar refractivity (Wildman–Crippen MR) is 86.0 cm³/mol. The maximum atomic E-state index is 12.8. The second-order valence-corrected chi connectivity index (χ2v) is 7.87. The van der Waals surface area contributed by atoms with E-state index >= 15 is 0 Å². The number of rotatable bonds is 5. The molecule has 2 rings (SSSR count). The highest BCUT2D eigenvalue weighted by Crippen LogP contribution is 2.30. The Balaban J connectivity index is 2.29. The van der Waals surface area contributed by atoms with Crippen LogP contribution >= 0.6 is 11.6 Å². The van der Waals surface area contributed by atoms with E-state index in [1.54, 1.807) is 6.07 Å². The van der Waals surface area contributed by atoms with Crippen LogP contribution in [0.15, 0.2) is 23.1 Å². The summed E-state index contributed by atoms with van der Waals surface area (Å²) in [6.45, 7) is 6.91. The van der Waals surface area contributed by atoms with Gasteiger partial charge in [0.05, 0.1) is 28.7 Å². The zero-order valence-electron chi connectivity index (χ0n) is 13.1. The first kappa shape index (κ1) is 17.5.